The Labute approximate surface area is 248 Å². The van der Waals surface area contributed by atoms with Crippen LogP contribution in [0.3, 0.4) is 0 Å². The van der Waals surface area contributed by atoms with Gasteiger partial charge in [0.2, 0.25) is 0 Å². The monoisotopic (exact) mass is 664 g/mol. The largest absolute Gasteiger partial charge is 0.497 e. The molecule has 202 valence electrons. The number of carbonyl (C=O) groups is 1. The number of allylic oxidation sites excluding steroid dienone is 1. The zero-order chi connectivity index (χ0) is 28.0. The van der Waals surface area contributed by atoms with Gasteiger partial charge in [-0.2, -0.15) is 0 Å². The molecule has 4 aromatic rings. The van der Waals surface area contributed by atoms with E-state index in [-0.39, 0.29) is 11.6 Å². The van der Waals surface area contributed by atoms with Crippen molar-refractivity contribution in [3.63, 3.8) is 0 Å². The third-order valence-corrected chi connectivity index (χ3v) is 8.88. The first kappa shape index (κ1) is 26.5. The molecule has 0 radical (unpaired) electrons. The van der Waals surface area contributed by atoms with Crippen molar-refractivity contribution in [2.45, 2.75) is 25.8 Å². The van der Waals surface area contributed by atoms with Crippen LogP contribution in [0.25, 0.3) is 11.8 Å². The average Bonchev–Trinajstić information content (AvgIpc) is 3.27. The molecule has 1 aromatic heterocycles. The minimum atomic E-state index is -0.429. The molecule has 6 rings (SSSR count). The first-order valence-electron chi connectivity index (χ1n) is 12.7. The standard InChI is InChI=1S/C31H25IN2O5S/c1-17(35)39-29-24(32)14-18(15-25(29)38-3)16-26-30(36)34-28(20-8-11-21(37-2)12-9-20)23-13-10-19-6-4-5-7-22(19)27(23)33-31(34)40-26/h4-9,11-12,14-16,28H,10,13H2,1-3H3/b26-16+/t28-/m1/s1. The molecule has 7 nitrogen and oxygen atoms in total. The molecular weight excluding hydrogens is 639 g/mol. The van der Waals surface area contributed by atoms with Crippen molar-refractivity contribution < 1.29 is 19.0 Å². The van der Waals surface area contributed by atoms with E-state index in [9.17, 15) is 9.59 Å². The maximum Gasteiger partial charge on any atom is 0.308 e. The number of carbonyl (C=O) groups excluding carboxylic acids is 1. The number of aryl methyl sites for hydroxylation is 1. The van der Waals surface area contributed by atoms with Crippen molar-refractivity contribution in [2.24, 2.45) is 4.99 Å². The van der Waals surface area contributed by atoms with Gasteiger partial charge in [0.25, 0.3) is 5.56 Å². The van der Waals surface area contributed by atoms with Crippen LogP contribution in [0.4, 0.5) is 0 Å². The number of hydrogen-bond donors (Lipinski definition) is 0. The number of aromatic nitrogens is 1. The van der Waals surface area contributed by atoms with Crippen LogP contribution < -0.4 is 29.1 Å². The molecule has 2 aliphatic rings. The van der Waals surface area contributed by atoms with Crippen LogP contribution in [0.15, 0.2) is 76.0 Å². The molecule has 9 heteroatoms. The molecular formula is C31H25IN2O5S. The molecule has 1 aliphatic heterocycles. The lowest BCUT2D eigenvalue weighted by Gasteiger charge is -2.30. The number of ether oxygens (including phenoxy) is 3. The normalized spacial score (nSPS) is 16.0. The number of benzene rings is 3. The van der Waals surface area contributed by atoms with Crippen molar-refractivity contribution >= 4 is 51.7 Å². The number of fused-ring (bicyclic) bond motifs is 3. The van der Waals surface area contributed by atoms with Crippen molar-refractivity contribution in [1.29, 1.82) is 0 Å². The van der Waals surface area contributed by atoms with Gasteiger partial charge < -0.3 is 14.2 Å². The Bertz CT molecular complexity index is 1870. The Morgan fingerprint density at radius 1 is 1.07 bits per heavy atom. The molecule has 0 bridgehead atoms. The number of thiazole rings is 1. The van der Waals surface area contributed by atoms with E-state index >= 15 is 0 Å². The molecule has 0 spiro atoms. The number of esters is 1. The summed E-state index contributed by atoms with van der Waals surface area (Å²) in [5.41, 5.74) is 6.16. The number of methoxy groups -OCH3 is 2. The Kier molecular flexibility index (Phi) is 7.09. The summed E-state index contributed by atoms with van der Waals surface area (Å²) in [7, 11) is 3.17. The highest BCUT2D eigenvalue weighted by molar-refractivity contribution is 14.1. The quantitative estimate of drug-likeness (QED) is 0.173. The van der Waals surface area contributed by atoms with E-state index in [1.807, 2.05) is 47.0 Å². The van der Waals surface area contributed by atoms with Crippen molar-refractivity contribution in [2.75, 3.05) is 14.2 Å². The third kappa shape index (κ3) is 4.66. The molecule has 1 aliphatic carbocycles. The maximum absolute atomic E-state index is 14.0. The summed E-state index contributed by atoms with van der Waals surface area (Å²) in [4.78, 5) is 31.3. The summed E-state index contributed by atoms with van der Waals surface area (Å²) >= 11 is 3.47. The third-order valence-electron chi connectivity index (χ3n) is 7.10. The van der Waals surface area contributed by atoms with Crippen LogP contribution in [0, 0.1) is 3.57 Å². The minimum Gasteiger partial charge on any atom is -0.497 e. The number of hydrogen-bond acceptors (Lipinski definition) is 7. The topological polar surface area (TPSA) is 79.1 Å². The van der Waals surface area contributed by atoms with Crippen LogP contribution in [-0.4, -0.2) is 24.8 Å². The second kappa shape index (κ2) is 10.7. The lowest BCUT2D eigenvalue weighted by molar-refractivity contribution is -0.132. The second-order valence-electron chi connectivity index (χ2n) is 9.51. The SMILES string of the molecule is COc1ccc([C@@H]2C3=C(N=c4s/c(=C/c5cc(I)c(OC(C)=O)c(OC)c5)c(=O)n42)c2ccccc2CC3)cc1. The van der Waals surface area contributed by atoms with E-state index in [0.717, 1.165) is 46.6 Å². The Morgan fingerprint density at radius 3 is 2.58 bits per heavy atom. The lowest BCUT2D eigenvalue weighted by Crippen LogP contribution is -2.38. The molecule has 3 aromatic carbocycles. The number of halogens is 1. The van der Waals surface area contributed by atoms with Gasteiger partial charge in [-0.25, -0.2) is 4.99 Å². The van der Waals surface area contributed by atoms with Gasteiger partial charge in [-0.1, -0.05) is 47.7 Å². The molecule has 0 unspecified atom stereocenters. The first-order valence-corrected chi connectivity index (χ1v) is 14.6. The smallest absolute Gasteiger partial charge is 0.308 e. The van der Waals surface area contributed by atoms with Gasteiger partial charge >= 0.3 is 5.97 Å². The highest BCUT2D eigenvalue weighted by Gasteiger charge is 2.32. The van der Waals surface area contributed by atoms with E-state index in [4.69, 9.17) is 19.2 Å². The first-order chi connectivity index (χ1) is 19.4. The maximum atomic E-state index is 14.0. The van der Waals surface area contributed by atoms with Crippen molar-refractivity contribution in [3.8, 4) is 17.2 Å². The fourth-order valence-electron chi connectivity index (χ4n) is 5.33. The van der Waals surface area contributed by atoms with Gasteiger partial charge in [0.15, 0.2) is 16.3 Å². The molecule has 0 amide bonds. The molecule has 40 heavy (non-hydrogen) atoms. The zero-order valence-corrected chi connectivity index (χ0v) is 25.0. The van der Waals surface area contributed by atoms with Gasteiger partial charge in [0.05, 0.1) is 34.1 Å². The molecule has 0 saturated heterocycles. The average molecular weight is 665 g/mol. The van der Waals surface area contributed by atoms with Crippen LogP contribution in [0.1, 0.15) is 41.6 Å². The van der Waals surface area contributed by atoms with E-state index in [2.05, 4.69) is 40.8 Å². The van der Waals surface area contributed by atoms with E-state index in [1.165, 1.54) is 30.9 Å². The second-order valence-corrected chi connectivity index (χ2v) is 11.7. The predicted octanol–water partition coefficient (Wildman–Crippen LogP) is 4.87. The summed E-state index contributed by atoms with van der Waals surface area (Å²) in [5, 5.41) is 0. The van der Waals surface area contributed by atoms with Crippen molar-refractivity contribution in [3.05, 3.63) is 112 Å². The van der Waals surface area contributed by atoms with E-state index in [0.29, 0.717) is 24.4 Å². The highest BCUT2D eigenvalue weighted by Crippen LogP contribution is 2.41. The Hall–Kier alpha value is -3.70. The highest BCUT2D eigenvalue weighted by atomic mass is 127. The van der Waals surface area contributed by atoms with Gasteiger partial charge in [0.1, 0.15) is 5.75 Å². The summed E-state index contributed by atoms with van der Waals surface area (Å²) in [5.74, 6) is 1.12. The van der Waals surface area contributed by atoms with Crippen LogP contribution >= 0.6 is 33.9 Å². The van der Waals surface area contributed by atoms with Gasteiger partial charge in [-0.3, -0.25) is 14.2 Å². The Balaban J connectivity index is 1.55. The van der Waals surface area contributed by atoms with E-state index in [1.54, 1.807) is 13.2 Å². The van der Waals surface area contributed by atoms with Crippen LogP contribution in [0.5, 0.6) is 17.2 Å². The van der Waals surface area contributed by atoms with E-state index < -0.39 is 5.97 Å². The molecule has 0 fully saturated rings. The van der Waals surface area contributed by atoms with Crippen molar-refractivity contribution in [1.82, 2.24) is 4.57 Å². The zero-order valence-electron chi connectivity index (χ0n) is 22.1. The molecule has 0 saturated carbocycles. The van der Waals surface area contributed by atoms with Gasteiger partial charge in [0, 0.05) is 12.5 Å². The van der Waals surface area contributed by atoms with Crippen LogP contribution in [-0.2, 0) is 11.2 Å². The predicted molar refractivity (Wildman–Crippen MR) is 163 cm³/mol. The number of rotatable bonds is 5. The number of nitrogens with zero attached hydrogens (tertiary/aromatic N) is 2. The minimum absolute atomic E-state index is 0.104. The summed E-state index contributed by atoms with van der Waals surface area (Å²) in [6.07, 6.45) is 3.56. The summed E-state index contributed by atoms with van der Waals surface area (Å²) < 4.78 is 19.3. The molecule has 1 atom stereocenters. The van der Waals surface area contributed by atoms with Gasteiger partial charge in [-0.15, -0.1) is 0 Å². The fourth-order valence-corrected chi connectivity index (χ4v) is 7.06. The summed E-state index contributed by atoms with van der Waals surface area (Å²) in [6, 6.07) is 19.6. The summed E-state index contributed by atoms with van der Waals surface area (Å²) in [6.45, 7) is 1.35. The Morgan fingerprint density at radius 2 is 1.85 bits per heavy atom. The fraction of sp³-hybridized carbons (Fsp3) is 0.194. The van der Waals surface area contributed by atoms with Crippen LogP contribution in [0.2, 0.25) is 0 Å². The van der Waals surface area contributed by atoms with Gasteiger partial charge in [-0.05, 0) is 88.0 Å². The molecule has 0 N–H and O–H groups in total. The lowest BCUT2D eigenvalue weighted by atomic mass is 9.83. The molecule has 2 heterocycles.